The number of aliphatic hydroxyl groups excluding tert-OH is 2. The number of piperidine rings is 1. The molecule has 7 heteroatoms. The molecule has 1 saturated heterocycles. The van der Waals surface area contributed by atoms with Crippen molar-refractivity contribution in [3.05, 3.63) is 28.8 Å². The van der Waals surface area contributed by atoms with Crippen LogP contribution in [0.5, 0.6) is 0 Å². The topological polar surface area (TPSA) is 77.8 Å². The van der Waals surface area contributed by atoms with Crippen molar-refractivity contribution in [2.24, 2.45) is 0 Å². The third-order valence-electron chi connectivity index (χ3n) is 3.22. The summed E-state index contributed by atoms with van der Waals surface area (Å²) in [6, 6.07) is 4.40. The summed E-state index contributed by atoms with van der Waals surface area (Å²) in [7, 11) is -3.72. The summed E-state index contributed by atoms with van der Waals surface area (Å²) in [4.78, 5) is 0.00724. The highest BCUT2D eigenvalue weighted by Crippen LogP contribution is 2.27. The number of nitrogens with zero attached hydrogens (tertiary/aromatic N) is 1. The predicted octanol–water partition coefficient (Wildman–Crippen LogP) is 0.829. The van der Waals surface area contributed by atoms with Gasteiger partial charge in [-0.3, -0.25) is 0 Å². The maximum absolute atomic E-state index is 12.5. The Bertz CT molecular complexity index is 678. The van der Waals surface area contributed by atoms with E-state index in [9.17, 15) is 13.5 Å². The molecule has 114 valence electrons. The first-order valence-electron chi connectivity index (χ1n) is 6.52. The van der Waals surface area contributed by atoms with Gasteiger partial charge in [0.25, 0.3) is 0 Å². The van der Waals surface area contributed by atoms with Gasteiger partial charge < -0.3 is 10.2 Å². The Morgan fingerprint density at radius 1 is 1.43 bits per heavy atom. The van der Waals surface area contributed by atoms with Crippen molar-refractivity contribution in [1.29, 1.82) is 0 Å². The van der Waals surface area contributed by atoms with Gasteiger partial charge in [-0.1, -0.05) is 23.4 Å². The van der Waals surface area contributed by atoms with Crippen LogP contribution < -0.4 is 0 Å². The molecule has 0 aliphatic carbocycles. The van der Waals surface area contributed by atoms with Crippen molar-refractivity contribution in [1.82, 2.24) is 4.31 Å². The smallest absolute Gasteiger partial charge is 0.244 e. The predicted molar refractivity (Wildman–Crippen MR) is 79.4 cm³/mol. The molecule has 1 aliphatic rings. The molecule has 1 atom stereocenters. The van der Waals surface area contributed by atoms with Crippen LogP contribution in [0.15, 0.2) is 23.1 Å². The molecule has 0 amide bonds. The van der Waals surface area contributed by atoms with E-state index in [1.165, 1.54) is 16.4 Å². The SMILES string of the molecule is O=S(=O)(c1ccc(C#CCO)cc1Cl)N1CCCC(O)C1. The van der Waals surface area contributed by atoms with Gasteiger partial charge in [0.05, 0.1) is 11.1 Å². The molecule has 1 unspecified atom stereocenters. The number of rotatable bonds is 2. The maximum Gasteiger partial charge on any atom is 0.244 e. The second-order valence-corrected chi connectivity index (χ2v) is 7.08. The highest BCUT2D eigenvalue weighted by molar-refractivity contribution is 7.89. The van der Waals surface area contributed by atoms with Crippen LogP contribution in [0.1, 0.15) is 18.4 Å². The number of aliphatic hydroxyl groups is 2. The summed E-state index contributed by atoms with van der Waals surface area (Å²) in [5, 5.41) is 18.3. The van der Waals surface area contributed by atoms with Crippen LogP contribution in [0.3, 0.4) is 0 Å². The Kier molecular flexibility index (Phi) is 5.25. The average molecular weight is 330 g/mol. The largest absolute Gasteiger partial charge is 0.392 e. The molecule has 21 heavy (non-hydrogen) atoms. The standard InChI is InChI=1S/C14H16ClNO4S/c15-13-9-11(3-2-8-17)5-6-14(13)21(19,20)16-7-1-4-12(18)10-16/h5-6,9,12,17-18H,1,4,7-8,10H2. The number of halogens is 1. The number of sulfonamides is 1. The first-order chi connectivity index (χ1) is 9.95. The average Bonchev–Trinajstić information content (AvgIpc) is 2.45. The summed E-state index contributed by atoms with van der Waals surface area (Å²) in [6.45, 7) is 0.190. The Morgan fingerprint density at radius 3 is 2.81 bits per heavy atom. The zero-order valence-electron chi connectivity index (χ0n) is 11.3. The van der Waals surface area contributed by atoms with E-state index in [2.05, 4.69) is 11.8 Å². The van der Waals surface area contributed by atoms with Crippen LogP contribution in [-0.4, -0.2) is 48.7 Å². The normalized spacial score (nSPS) is 19.9. The lowest BCUT2D eigenvalue weighted by atomic mass is 10.1. The van der Waals surface area contributed by atoms with Crippen LogP contribution in [0.2, 0.25) is 5.02 Å². The zero-order valence-corrected chi connectivity index (χ0v) is 12.9. The number of hydrogen-bond donors (Lipinski definition) is 2. The van der Waals surface area contributed by atoms with Gasteiger partial charge in [-0.15, -0.1) is 0 Å². The van der Waals surface area contributed by atoms with Crippen molar-refractivity contribution >= 4 is 21.6 Å². The fourth-order valence-corrected chi connectivity index (χ4v) is 4.24. The lowest BCUT2D eigenvalue weighted by Crippen LogP contribution is -2.42. The molecule has 0 aromatic heterocycles. The molecule has 1 aromatic rings. The number of β-amino-alcohol motifs (C(OH)–C–C–N with tert-alkyl or cyclic N) is 1. The molecule has 5 nitrogen and oxygen atoms in total. The minimum atomic E-state index is -3.72. The Labute approximate surface area is 129 Å². The van der Waals surface area contributed by atoms with Crippen molar-refractivity contribution < 1.29 is 18.6 Å². The van der Waals surface area contributed by atoms with Crippen molar-refractivity contribution in [3.8, 4) is 11.8 Å². The van der Waals surface area contributed by atoms with E-state index in [1.54, 1.807) is 6.07 Å². The van der Waals surface area contributed by atoms with E-state index in [0.717, 1.165) is 0 Å². The maximum atomic E-state index is 12.5. The molecule has 0 bridgehead atoms. The van der Waals surface area contributed by atoms with E-state index in [-0.39, 0.29) is 23.1 Å². The molecule has 1 heterocycles. The molecule has 0 radical (unpaired) electrons. The Morgan fingerprint density at radius 2 is 2.19 bits per heavy atom. The molecular weight excluding hydrogens is 314 g/mol. The van der Waals surface area contributed by atoms with Crippen LogP contribution in [-0.2, 0) is 10.0 Å². The van der Waals surface area contributed by atoms with Crippen LogP contribution >= 0.6 is 11.6 Å². The highest BCUT2D eigenvalue weighted by Gasteiger charge is 2.30. The van der Waals surface area contributed by atoms with E-state index in [0.29, 0.717) is 24.9 Å². The fourth-order valence-electron chi connectivity index (χ4n) is 2.21. The van der Waals surface area contributed by atoms with E-state index >= 15 is 0 Å². The third kappa shape index (κ3) is 3.76. The number of benzene rings is 1. The molecule has 1 aromatic carbocycles. The van der Waals surface area contributed by atoms with Crippen molar-refractivity contribution in [2.45, 2.75) is 23.8 Å². The van der Waals surface area contributed by atoms with Gasteiger partial charge in [0, 0.05) is 18.7 Å². The minimum absolute atomic E-state index is 0.00724. The van der Waals surface area contributed by atoms with Gasteiger partial charge in [-0.2, -0.15) is 4.31 Å². The second-order valence-electron chi connectivity index (χ2n) is 4.76. The quantitative estimate of drug-likeness (QED) is 0.788. The number of hydrogen-bond acceptors (Lipinski definition) is 4. The second kappa shape index (κ2) is 6.77. The summed E-state index contributed by atoms with van der Waals surface area (Å²) in [5.74, 6) is 5.14. The molecule has 1 aliphatic heterocycles. The van der Waals surface area contributed by atoms with Gasteiger partial charge in [0.2, 0.25) is 10.0 Å². The van der Waals surface area contributed by atoms with Gasteiger partial charge >= 0.3 is 0 Å². The summed E-state index contributed by atoms with van der Waals surface area (Å²) in [6.07, 6.45) is 0.593. The lowest BCUT2D eigenvalue weighted by molar-refractivity contribution is 0.108. The van der Waals surface area contributed by atoms with Crippen LogP contribution in [0, 0.1) is 11.8 Å². The molecule has 2 N–H and O–H groups in total. The molecule has 1 fully saturated rings. The minimum Gasteiger partial charge on any atom is -0.392 e. The fraction of sp³-hybridized carbons (Fsp3) is 0.429. The molecule has 0 saturated carbocycles. The Hall–Kier alpha value is -1.10. The molecule has 2 rings (SSSR count). The van der Waals surface area contributed by atoms with Crippen LogP contribution in [0.25, 0.3) is 0 Å². The highest BCUT2D eigenvalue weighted by atomic mass is 35.5. The van der Waals surface area contributed by atoms with Gasteiger partial charge in [0.15, 0.2) is 0 Å². The lowest BCUT2D eigenvalue weighted by Gasteiger charge is -2.29. The zero-order chi connectivity index (χ0) is 15.5. The van der Waals surface area contributed by atoms with E-state index < -0.39 is 16.1 Å². The summed E-state index contributed by atoms with van der Waals surface area (Å²) >= 11 is 6.05. The monoisotopic (exact) mass is 329 g/mol. The first kappa shape index (κ1) is 16.3. The van der Waals surface area contributed by atoms with Gasteiger partial charge in [-0.05, 0) is 31.0 Å². The van der Waals surface area contributed by atoms with Crippen molar-refractivity contribution in [2.75, 3.05) is 19.7 Å². The Balaban J connectivity index is 2.32. The van der Waals surface area contributed by atoms with Crippen LogP contribution in [0.4, 0.5) is 0 Å². The summed E-state index contributed by atoms with van der Waals surface area (Å²) < 4.78 is 26.3. The first-order valence-corrected chi connectivity index (χ1v) is 8.34. The van der Waals surface area contributed by atoms with Crippen molar-refractivity contribution in [3.63, 3.8) is 0 Å². The third-order valence-corrected chi connectivity index (χ3v) is 5.57. The van der Waals surface area contributed by atoms with Gasteiger partial charge in [-0.25, -0.2) is 8.42 Å². The van der Waals surface area contributed by atoms with E-state index in [1.807, 2.05) is 0 Å². The summed E-state index contributed by atoms with van der Waals surface area (Å²) in [5.41, 5.74) is 0.534. The van der Waals surface area contributed by atoms with E-state index in [4.69, 9.17) is 16.7 Å². The van der Waals surface area contributed by atoms with Gasteiger partial charge in [0.1, 0.15) is 11.5 Å². The molecular formula is C14H16ClNO4S. The molecule has 0 spiro atoms.